The van der Waals surface area contributed by atoms with Gasteiger partial charge < -0.3 is 10.2 Å². The van der Waals surface area contributed by atoms with Crippen LogP contribution in [-0.4, -0.2) is 54.3 Å². The Morgan fingerprint density at radius 2 is 1.67 bits per heavy atom. The zero-order valence-electron chi connectivity index (χ0n) is 18.8. The van der Waals surface area contributed by atoms with Gasteiger partial charge in [0.15, 0.2) is 0 Å². The molecular formula is C25H28F3N3O2. The first kappa shape index (κ1) is 23.3. The summed E-state index contributed by atoms with van der Waals surface area (Å²) in [5.41, 5.74) is 3.09. The summed E-state index contributed by atoms with van der Waals surface area (Å²) >= 11 is 0. The molecule has 1 aliphatic heterocycles. The van der Waals surface area contributed by atoms with Gasteiger partial charge in [-0.2, -0.15) is 13.2 Å². The summed E-state index contributed by atoms with van der Waals surface area (Å²) in [6.45, 7) is 6.58. The first-order chi connectivity index (χ1) is 15.6. The lowest BCUT2D eigenvalue weighted by molar-refractivity contribution is -0.137. The van der Waals surface area contributed by atoms with Crippen molar-refractivity contribution in [1.82, 2.24) is 9.80 Å². The van der Waals surface area contributed by atoms with Gasteiger partial charge in [-0.25, -0.2) is 0 Å². The molecule has 1 heterocycles. The van der Waals surface area contributed by atoms with E-state index in [1.807, 2.05) is 41.8 Å². The maximum absolute atomic E-state index is 12.9. The number of amides is 2. The first-order valence-corrected chi connectivity index (χ1v) is 11.2. The Bertz CT molecular complexity index is 1030. The molecule has 8 heteroatoms. The fraction of sp³-hybridized carbons (Fsp3) is 0.440. The molecule has 0 radical (unpaired) electrons. The van der Waals surface area contributed by atoms with Gasteiger partial charge in [-0.05, 0) is 61.1 Å². The van der Waals surface area contributed by atoms with Gasteiger partial charge in [0, 0.05) is 37.8 Å². The van der Waals surface area contributed by atoms with E-state index in [0.717, 1.165) is 34.5 Å². The van der Waals surface area contributed by atoms with Gasteiger partial charge in [0.25, 0.3) is 0 Å². The van der Waals surface area contributed by atoms with Crippen LogP contribution in [0.15, 0.2) is 42.5 Å². The average molecular weight is 460 g/mol. The van der Waals surface area contributed by atoms with E-state index < -0.39 is 11.7 Å². The van der Waals surface area contributed by atoms with Gasteiger partial charge in [0.1, 0.15) is 0 Å². The highest BCUT2D eigenvalue weighted by Crippen LogP contribution is 2.49. The van der Waals surface area contributed by atoms with Crippen molar-refractivity contribution in [3.63, 3.8) is 0 Å². The second-order valence-corrected chi connectivity index (χ2v) is 8.97. The second-order valence-electron chi connectivity index (χ2n) is 8.97. The molecular weight excluding hydrogens is 431 g/mol. The summed E-state index contributed by atoms with van der Waals surface area (Å²) in [5.74, 6) is -0.200. The molecule has 2 aromatic rings. The Kier molecular flexibility index (Phi) is 6.47. The van der Waals surface area contributed by atoms with Gasteiger partial charge in [0.05, 0.1) is 12.1 Å². The van der Waals surface area contributed by atoms with Gasteiger partial charge in [-0.1, -0.05) is 24.3 Å². The lowest BCUT2D eigenvalue weighted by Crippen LogP contribution is -2.51. The molecule has 2 atom stereocenters. The third-order valence-electron chi connectivity index (χ3n) is 6.70. The number of hydrogen-bond acceptors (Lipinski definition) is 3. The van der Waals surface area contributed by atoms with Crippen LogP contribution in [0.5, 0.6) is 0 Å². The Hall–Kier alpha value is -2.87. The van der Waals surface area contributed by atoms with Crippen LogP contribution < -0.4 is 5.32 Å². The molecule has 1 saturated heterocycles. The second kappa shape index (κ2) is 9.17. The average Bonchev–Trinajstić information content (AvgIpc) is 3.57. The van der Waals surface area contributed by atoms with Crippen LogP contribution in [0, 0.1) is 19.8 Å². The third kappa shape index (κ3) is 5.38. The normalized spacial score (nSPS) is 21.1. The summed E-state index contributed by atoms with van der Waals surface area (Å²) in [6, 6.07) is 10.9. The Morgan fingerprint density at radius 3 is 2.30 bits per heavy atom. The summed E-state index contributed by atoms with van der Waals surface area (Å²) < 4.78 is 38.2. The van der Waals surface area contributed by atoms with E-state index >= 15 is 0 Å². The molecule has 2 aromatic carbocycles. The van der Waals surface area contributed by atoms with Gasteiger partial charge in [-0.3, -0.25) is 14.5 Å². The number of anilines is 1. The number of aryl methyl sites for hydroxylation is 1. The number of hydrogen-bond donors (Lipinski definition) is 1. The lowest BCUT2D eigenvalue weighted by Gasteiger charge is -2.34. The number of nitrogens with zero attached hydrogens (tertiary/aromatic N) is 2. The molecule has 1 saturated carbocycles. The predicted molar refractivity (Wildman–Crippen MR) is 120 cm³/mol. The summed E-state index contributed by atoms with van der Waals surface area (Å²) in [7, 11) is 0. The minimum absolute atomic E-state index is 0.0128. The van der Waals surface area contributed by atoms with E-state index in [4.69, 9.17) is 0 Å². The largest absolute Gasteiger partial charge is 0.416 e. The quantitative estimate of drug-likeness (QED) is 0.729. The van der Waals surface area contributed by atoms with E-state index in [1.54, 1.807) is 0 Å². The van der Waals surface area contributed by atoms with E-state index in [2.05, 4.69) is 5.32 Å². The van der Waals surface area contributed by atoms with Gasteiger partial charge in [0.2, 0.25) is 11.8 Å². The number of benzene rings is 2. The minimum atomic E-state index is -4.35. The van der Waals surface area contributed by atoms with Crippen molar-refractivity contribution in [3.8, 4) is 0 Å². The Morgan fingerprint density at radius 1 is 1.00 bits per heavy atom. The molecule has 33 heavy (non-hydrogen) atoms. The van der Waals surface area contributed by atoms with Crippen molar-refractivity contribution < 1.29 is 22.8 Å². The lowest BCUT2D eigenvalue weighted by atomic mass is 10.1. The Balaban J connectivity index is 1.24. The summed E-state index contributed by atoms with van der Waals surface area (Å²) in [5, 5.41) is 2.97. The highest BCUT2D eigenvalue weighted by atomic mass is 19.4. The van der Waals surface area contributed by atoms with E-state index in [9.17, 15) is 22.8 Å². The fourth-order valence-electron chi connectivity index (χ4n) is 4.40. The van der Waals surface area contributed by atoms with Gasteiger partial charge in [-0.15, -0.1) is 0 Å². The van der Waals surface area contributed by atoms with E-state index in [1.165, 1.54) is 12.1 Å². The molecule has 1 aliphatic carbocycles. The molecule has 0 spiro atoms. The third-order valence-corrected chi connectivity index (χ3v) is 6.70. The molecule has 2 unspecified atom stereocenters. The first-order valence-electron chi connectivity index (χ1n) is 11.2. The number of carbonyl (C=O) groups is 2. The molecule has 1 N–H and O–H groups in total. The monoisotopic (exact) mass is 459 g/mol. The van der Waals surface area contributed by atoms with Crippen molar-refractivity contribution in [2.75, 3.05) is 38.0 Å². The standard InChI is InChI=1S/C25H28F3N3O2/c1-16-4-3-5-22(17(16)2)29-23(32)15-30-10-12-31(13-11-30)24(33)21-14-20(21)18-6-8-19(9-7-18)25(26,27)28/h3-9,20-21H,10-15H2,1-2H3,(H,29,32). The van der Waals surface area contributed by atoms with Crippen LogP contribution in [0.25, 0.3) is 0 Å². The number of halogens is 3. The zero-order valence-corrected chi connectivity index (χ0v) is 18.8. The van der Waals surface area contributed by atoms with E-state index in [0.29, 0.717) is 32.6 Å². The van der Waals surface area contributed by atoms with Crippen LogP contribution in [0.1, 0.15) is 34.6 Å². The molecule has 0 aromatic heterocycles. The SMILES string of the molecule is Cc1cccc(NC(=O)CN2CCN(C(=O)C3CC3c3ccc(C(F)(F)F)cc3)CC2)c1C. The number of piperazine rings is 1. The number of alkyl halides is 3. The molecule has 2 amide bonds. The van der Waals surface area contributed by atoms with Crippen LogP contribution >= 0.6 is 0 Å². The maximum atomic E-state index is 12.9. The number of nitrogens with one attached hydrogen (secondary N) is 1. The smallest absolute Gasteiger partial charge is 0.340 e. The van der Waals surface area contributed by atoms with Crippen molar-refractivity contribution >= 4 is 17.5 Å². The van der Waals surface area contributed by atoms with Crippen LogP contribution in [0.2, 0.25) is 0 Å². The Labute approximate surface area is 191 Å². The number of carbonyl (C=O) groups excluding carboxylic acids is 2. The summed E-state index contributed by atoms with van der Waals surface area (Å²) in [6.07, 6.45) is -3.69. The molecule has 5 nitrogen and oxygen atoms in total. The van der Waals surface area contributed by atoms with Crippen molar-refractivity contribution in [2.45, 2.75) is 32.4 Å². The van der Waals surface area contributed by atoms with Crippen LogP contribution in [0.4, 0.5) is 18.9 Å². The van der Waals surface area contributed by atoms with Gasteiger partial charge >= 0.3 is 6.18 Å². The summed E-state index contributed by atoms with van der Waals surface area (Å²) in [4.78, 5) is 29.2. The molecule has 2 aliphatic rings. The fourth-order valence-corrected chi connectivity index (χ4v) is 4.40. The van der Waals surface area contributed by atoms with Crippen LogP contribution in [-0.2, 0) is 15.8 Å². The van der Waals surface area contributed by atoms with Crippen molar-refractivity contribution in [2.24, 2.45) is 5.92 Å². The van der Waals surface area contributed by atoms with Crippen molar-refractivity contribution in [1.29, 1.82) is 0 Å². The number of rotatable bonds is 5. The van der Waals surface area contributed by atoms with E-state index in [-0.39, 0.29) is 30.2 Å². The highest BCUT2D eigenvalue weighted by molar-refractivity contribution is 5.93. The molecule has 0 bridgehead atoms. The highest BCUT2D eigenvalue weighted by Gasteiger charge is 2.46. The topological polar surface area (TPSA) is 52.7 Å². The maximum Gasteiger partial charge on any atom is 0.416 e. The predicted octanol–water partition coefficient (Wildman–Crippen LogP) is 4.21. The molecule has 4 rings (SSSR count). The van der Waals surface area contributed by atoms with Crippen LogP contribution in [0.3, 0.4) is 0 Å². The zero-order chi connectivity index (χ0) is 23.8. The van der Waals surface area contributed by atoms with Crippen molar-refractivity contribution in [3.05, 3.63) is 64.7 Å². The minimum Gasteiger partial charge on any atom is -0.340 e. The molecule has 176 valence electrons. The molecule has 2 fully saturated rings.